The van der Waals surface area contributed by atoms with Crippen molar-refractivity contribution in [1.82, 2.24) is 9.97 Å². The summed E-state index contributed by atoms with van der Waals surface area (Å²) in [7, 11) is 0. The second kappa shape index (κ2) is 7.67. The molecule has 1 unspecified atom stereocenters. The third kappa shape index (κ3) is 3.68. The fourth-order valence-corrected chi connectivity index (χ4v) is 4.02. The van der Waals surface area contributed by atoms with Crippen molar-refractivity contribution >= 4 is 38.4 Å². The van der Waals surface area contributed by atoms with E-state index in [4.69, 9.17) is 11.6 Å². The highest BCUT2D eigenvalue weighted by atomic mass is 79.9. The molecule has 1 N–H and O–H groups in total. The number of aromatic nitrogens is 2. The standard InChI is InChI=1S/C22H16BrClN2O/c23-15-6-3-5-14(11-15)18(12-16-7-1-2-9-25-16)19-13-20(24)17-8-4-10-26-21(17)22(19)27/h1-11,13,18,27H,12H2. The summed E-state index contributed by atoms with van der Waals surface area (Å²) in [6.45, 7) is 0. The van der Waals surface area contributed by atoms with Crippen molar-refractivity contribution in [3.8, 4) is 5.75 Å². The minimum absolute atomic E-state index is 0.110. The van der Waals surface area contributed by atoms with Crippen LogP contribution in [0, 0.1) is 0 Å². The van der Waals surface area contributed by atoms with Gasteiger partial charge >= 0.3 is 0 Å². The average Bonchev–Trinajstić information content (AvgIpc) is 2.70. The van der Waals surface area contributed by atoms with Crippen LogP contribution in [0.5, 0.6) is 5.75 Å². The monoisotopic (exact) mass is 438 g/mol. The van der Waals surface area contributed by atoms with Crippen molar-refractivity contribution in [2.45, 2.75) is 12.3 Å². The fourth-order valence-electron chi connectivity index (χ4n) is 3.33. The maximum atomic E-state index is 11.0. The molecule has 5 heteroatoms. The van der Waals surface area contributed by atoms with E-state index in [2.05, 4.69) is 32.0 Å². The van der Waals surface area contributed by atoms with Crippen molar-refractivity contribution in [3.63, 3.8) is 0 Å². The Morgan fingerprint density at radius 2 is 1.81 bits per heavy atom. The molecule has 0 amide bonds. The number of aromatic hydroxyl groups is 1. The lowest BCUT2D eigenvalue weighted by atomic mass is 9.86. The lowest BCUT2D eigenvalue weighted by Gasteiger charge is -2.20. The van der Waals surface area contributed by atoms with Crippen molar-refractivity contribution in [3.05, 3.63) is 99.4 Å². The Bertz CT molecular complexity index is 1100. The summed E-state index contributed by atoms with van der Waals surface area (Å²) >= 11 is 10.1. The molecule has 0 saturated heterocycles. The SMILES string of the molecule is Oc1c(C(Cc2ccccn2)c2cccc(Br)c2)cc(Cl)c2cccnc12. The first-order valence-corrected chi connectivity index (χ1v) is 9.72. The number of halogens is 2. The Labute approximate surface area is 170 Å². The van der Waals surface area contributed by atoms with Crippen LogP contribution in [0.15, 0.2) is 77.5 Å². The van der Waals surface area contributed by atoms with Crippen LogP contribution < -0.4 is 0 Å². The molecule has 4 rings (SSSR count). The van der Waals surface area contributed by atoms with Gasteiger partial charge < -0.3 is 5.11 Å². The van der Waals surface area contributed by atoms with Crippen molar-refractivity contribution < 1.29 is 5.11 Å². The number of hydrogen-bond donors (Lipinski definition) is 1. The minimum atomic E-state index is -0.110. The van der Waals surface area contributed by atoms with Crippen LogP contribution >= 0.6 is 27.5 Å². The second-order valence-corrected chi connectivity index (χ2v) is 7.65. The van der Waals surface area contributed by atoms with Crippen LogP contribution in [0.3, 0.4) is 0 Å². The number of hydrogen-bond acceptors (Lipinski definition) is 3. The first-order valence-electron chi connectivity index (χ1n) is 8.55. The molecule has 1 atom stereocenters. The van der Waals surface area contributed by atoms with Gasteiger partial charge in [0.05, 0.1) is 5.02 Å². The van der Waals surface area contributed by atoms with Gasteiger partial charge in [0.2, 0.25) is 0 Å². The van der Waals surface area contributed by atoms with E-state index in [0.717, 1.165) is 26.7 Å². The molecule has 134 valence electrons. The Hall–Kier alpha value is -2.43. The average molecular weight is 440 g/mol. The van der Waals surface area contributed by atoms with E-state index in [0.29, 0.717) is 17.0 Å². The van der Waals surface area contributed by atoms with Crippen LogP contribution in [0.4, 0.5) is 0 Å². The summed E-state index contributed by atoms with van der Waals surface area (Å²) in [6.07, 6.45) is 4.08. The summed E-state index contributed by atoms with van der Waals surface area (Å²) in [5.41, 5.74) is 3.27. The van der Waals surface area contributed by atoms with Gasteiger partial charge in [0.15, 0.2) is 0 Å². The molecule has 2 aromatic carbocycles. The van der Waals surface area contributed by atoms with Crippen LogP contribution in [0.25, 0.3) is 10.9 Å². The first kappa shape index (κ1) is 18.0. The molecule has 0 aliphatic rings. The van der Waals surface area contributed by atoms with Crippen LogP contribution in [0.2, 0.25) is 5.02 Å². The highest BCUT2D eigenvalue weighted by Crippen LogP contribution is 2.41. The second-order valence-electron chi connectivity index (χ2n) is 6.33. The van der Waals surface area contributed by atoms with Gasteiger partial charge in [0, 0.05) is 45.8 Å². The van der Waals surface area contributed by atoms with Crippen LogP contribution in [0.1, 0.15) is 22.7 Å². The molecule has 27 heavy (non-hydrogen) atoms. The summed E-state index contributed by atoms with van der Waals surface area (Å²) in [5.74, 6) is 0.0530. The molecule has 2 heterocycles. The highest BCUT2D eigenvalue weighted by molar-refractivity contribution is 9.10. The van der Waals surface area contributed by atoms with Crippen LogP contribution in [-0.4, -0.2) is 15.1 Å². The van der Waals surface area contributed by atoms with E-state index in [-0.39, 0.29) is 11.7 Å². The zero-order chi connectivity index (χ0) is 18.8. The number of nitrogens with zero attached hydrogens (tertiary/aromatic N) is 2. The summed E-state index contributed by atoms with van der Waals surface area (Å²) < 4.78 is 0.982. The topological polar surface area (TPSA) is 46.0 Å². The molecule has 2 aromatic heterocycles. The first-order chi connectivity index (χ1) is 13.1. The lowest BCUT2D eigenvalue weighted by Crippen LogP contribution is -2.07. The normalized spacial score (nSPS) is 12.2. The van der Waals surface area contributed by atoms with E-state index >= 15 is 0 Å². The number of fused-ring (bicyclic) bond motifs is 1. The molecule has 4 aromatic rings. The maximum absolute atomic E-state index is 11.0. The molecule has 0 bridgehead atoms. The van der Waals surface area contributed by atoms with Crippen molar-refractivity contribution in [2.24, 2.45) is 0 Å². The molecule has 0 spiro atoms. The number of phenols is 1. The van der Waals surface area contributed by atoms with Gasteiger partial charge in [-0.25, -0.2) is 0 Å². The Morgan fingerprint density at radius 3 is 2.59 bits per heavy atom. The molecular weight excluding hydrogens is 424 g/mol. The van der Waals surface area contributed by atoms with E-state index in [1.807, 2.05) is 54.6 Å². The van der Waals surface area contributed by atoms with Gasteiger partial charge in [0.1, 0.15) is 11.3 Å². The Morgan fingerprint density at radius 1 is 0.963 bits per heavy atom. The quantitative estimate of drug-likeness (QED) is 0.416. The molecule has 0 saturated carbocycles. The third-order valence-electron chi connectivity index (χ3n) is 4.61. The number of phenolic OH excluding ortho intramolecular Hbond substituents is 1. The van der Waals surface area contributed by atoms with E-state index < -0.39 is 0 Å². The Balaban J connectivity index is 1.91. The molecule has 0 radical (unpaired) electrons. The van der Waals surface area contributed by atoms with E-state index in [1.54, 1.807) is 12.4 Å². The predicted molar refractivity (Wildman–Crippen MR) is 112 cm³/mol. The molecule has 0 fully saturated rings. The zero-order valence-corrected chi connectivity index (χ0v) is 16.7. The number of pyridine rings is 2. The van der Waals surface area contributed by atoms with Gasteiger partial charge in [-0.2, -0.15) is 0 Å². The lowest BCUT2D eigenvalue weighted by molar-refractivity contribution is 0.469. The van der Waals surface area contributed by atoms with Gasteiger partial charge in [-0.3, -0.25) is 9.97 Å². The fraction of sp³-hybridized carbons (Fsp3) is 0.0909. The summed E-state index contributed by atoms with van der Waals surface area (Å²) in [5, 5.41) is 12.3. The van der Waals surface area contributed by atoms with Gasteiger partial charge in [0.25, 0.3) is 0 Å². The summed E-state index contributed by atoms with van der Waals surface area (Å²) in [6, 6.07) is 19.4. The van der Waals surface area contributed by atoms with Gasteiger partial charge in [-0.1, -0.05) is 45.7 Å². The van der Waals surface area contributed by atoms with E-state index in [9.17, 15) is 5.11 Å². The molecular formula is C22H16BrClN2O. The summed E-state index contributed by atoms with van der Waals surface area (Å²) in [4.78, 5) is 8.81. The van der Waals surface area contributed by atoms with Crippen molar-refractivity contribution in [2.75, 3.05) is 0 Å². The number of rotatable bonds is 4. The largest absolute Gasteiger partial charge is 0.505 e. The van der Waals surface area contributed by atoms with Gasteiger partial charge in [-0.15, -0.1) is 0 Å². The minimum Gasteiger partial charge on any atom is -0.505 e. The predicted octanol–water partition coefficient (Wildman–Crippen LogP) is 6.13. The smallest absolute Gasteiger partial charge is 0.145 e. The Kier molecular flexibility index (Phi) is 5.10. The van der Waals surface area contributed by atoms with Gasteiger partial charge in [-0.05, 0) is 48.0 Å². The molecule has 0 aliphatic carbocycles. The number of benzene rings is 2. The van der Waals surface area contributed by atoms with Crippen LogP contribution in [-0.2, 0) is 6.42 Å². The third-order valence-corrected chi connectivity index (χ3v) is 5.42. The van der Waals surface area contributed by atoms with E-state index in [1.165, 1.54) is 0 Å². The molecule has 3 nitrogen and oxygen atoms in total. The van der Waals surface area contributed by atoms with Crippen molar-refractivity contribution in [1.29, 1.82) is 0 Å². The molecule has 0 aliphatic heterocycles. The zero-order valence-electron chi connectivity index (χ0n) is 14.3. The maximum Gasteiger partial charge on any atom is 0.145 e. The highest BCUT2D eigenvalue weighted by Gasteiger charge is 2.22.